The third-order valence-electron chi connectivity index (χ3n) is 3.53. The van der Waals surface area contributed by atoms with Crippen LogP contribution in [-0.4, -0.2) is 15.4 Å². The van der Waals surface area contributed by atoms with Crippen LogP contribution in [0.15, 0.2) is 47.4 Å². The Morgan fingerprint density at radius 2 is 1.79 bits per heavy atom. The number of carbonyl (C=O) groups excluding carboxylic acids is 1. The van der Waals surface area contributed by atoms with Crippen LogP contribution in [0, 0.1) is 10.1 Å². The molecule has 2 rings (SSSR count). The van der Waals surface area contributed by atoms with Crippen LogP contribution in [-0.2, 0) is 16.8 Å². The molecule has 0 aliphatic carbocycles. The number of nitro groups is 1. The number of anilines is 1. The summed E-state index contributed by atoms with van der Waals surface area (Å²) in [4.78, 5) is 33.9. The molecule has 0 spiro atoms. The van der Waals surface area contributed by atoms with E-state index in [-0.39, 0.29) is 17.6 Å². The third-order valence-corrected chi connectivity index (χ3v) is 3.53. The Morgan fingerprint density at radius 1 is 1.17 bits per heavy atom. The molecular formula is C17H19N3O4. The molecule has 0 aliphatic heterocycles. The Bertz CT molecular complexity index is 817. The summed E-state index contributed by atoms with van der Waals surface area (Å²) >= 11 is 0. The van der Waals surface area contributed by atoms with Crippen molar-refractivity contribution < 1.29 is 9.72 Å². The van der Waals surface area contributed by atoms with E-state index in [1.807, 2.05) is 12.1 Å². The molecule has 7 heteroatoms. The Kier molecular flexibility index (Phi) is 4.82. The minimum atomic E-state index is -0.612. The fourth-order valence-corrected chi connectivity index (χ4v) is 2.16. The first-order valence-corrected chi connectivity index (χ1v) is 7.42. The Balaban J connectivity index is 2.10. The molecule has 0 unspecified atom stereocenters. The van der Waals surface area contributed by atoms with Crippen molar-refractivity contribution in [3.63, 3.8) is 0 Å². The molecule has 7 nitrogen and oxygen atoms in total. The van der Waals surface area contributed by atoms with Crippen molar-refractivity contribution in [2.75, 3.05) is 5.32 Å². The van der Waals surface area contributed by atoms with Crippen molar-refractivity contribution in [3.8, 4) is 0 Å². The maximum Gasteiger partial charge on any atom is 0.285 e. The van der Waals surface area contributed by atoms with Gasteiger partial charge in [-0.1, -0.05) is 32.9 Å². The second kappa shape index (κ2) is 6.66. The van der Waals surface area contributed by atoms with E-state index >= 15 is 0 Å². The predicted octanol–water partition coefficient (Wildman–Crippen LogP) is 2.69. The summed E-state index contributed by atoms with van der Waals surface area (Å²) in [6.45, 7) is 5.99. The van der Waals surface area contributed by atoms with Gasteiger partial charge in [-0.2, -0.15) is 0 Å². The van der Waals surface area contributed by atoms with Gasteiger partial charge in [0.05, 0.1) is 11.1 Å². The van der Waals surface area contributed by atoms with E-state index in [0.717, 1.165) is 28.5 Å². The fourth-order valence-electron chi connectivity index (χ4n) is 2.16. The molecule has 0 atom stereocenters. The van der Waals surface area contributed by atoms with Gasteiger partial charge >= 0.3 is 0 Å². The molecular weight excluding hydrogens is 310 g/mol. The molecule has 1 aromatic heterocycles. The lowest BCUT2D eigenvalue weighted by atomic mass is 9.87. The molecule has 0 saturated carbocycles. The van der Waals surface area contributed by atoms with Gasteiger partial charge in [0, 0.05) is 17.8 Å². The van der Waals surface area contributed by atoms with E-state index in [2.05, 4.69) is 26.1 Å². The van der Waals surface area contributed by atoms with Gasteiger partial charge in [-0.15, -0.1) is 0 Å². The smallest absolute Gasteiger partial charge is 0.285 e. The second-order valence-electron chi connectivity index (χ2n) is 6.49. The average Bonchev–Trinajstić information content (AvgIpc) is 2.48. The van der Waals surface area contributed by atoms with Crippen LogP contribution in [0.25, 0.3) is 0 Å². The van der Waals surface area contributed by atoms with Gasteiger partial charge in [-0.3, -0.25) is 24.3 Å². The Morgan fingerprint density at radius 3 is 2.33 bits per heavy atom. The lowest BCUT2D eigenvalue weighted by Crippen LogP contribution is -2.27. The fraction of sp³-hybridized carbons (Fsp3) is 0.294. The first kappa shape index (κ1) is 17.4. The summed E-state index contributed by atoms with van der Waals surface area (Å²) in [5.74, 6) is -0.430. The Hall–Kier alpha value is -2.96. The number of hydrogen-bond donors (Lipinski definition) is 1. The van der Waals surface area contributed by atoms with E-state index < -0.39 is 16.4 Å². The van der Waals surface area contributed by atoms with Gasteiger partial charge in [0.2, 0.25) is 5.91 Å². The highest BCUT2D eigenvalue weighted by atomic mass is 16.6. The van der Waals surface area contributed by atoms with E-state index in [0.29, 0.717) is 5.69 Å². The first-order valence-electron chi connectivity index (χ1n) is 7.42. The highest BCUT2D eigenvalue weighted by Crippen LogP contribution is 2.23. The maximum atomic E-state index is 12.1. The van der Waals surface area contributed by atoms with Gasteiger partial charge in [0.1, 0.15) is 6.54 Å². The predicted molar refractivity (Wildman–Crippen MR) is 91.1 cm³/mol. The largest absolute Gasteiger partial charge is 0.325 e. The van der Waals surface area contributed by atoms with Crippen LogP contribution in [0.5, 0.6) is 0 Å². The van der Waals surface area contributed by atoms with Crippen LogP contribution in [0.3, 0.4) is 0 Å². The van der Waals surface area contributed by atoms with Crippen molar-refractivity contribution in [2.45, 2.75) is 32.7 Å². The molecule has 24 heavy (non-hydrogen) atoms. The van der Waals surface area contributed by atoms with Crippen LogP contribution < -0.4 is 10.9 Å². The number of carbonyl (C=O) groups is 1. The molecule has 1 amide bonds. The van der Waals surface area contributed by atoms with Gasteiger partial charge in [0.25, 0.3) is 11.2 Å². The van der Waals surface area contributed by atoms with Crippen LogP contribution in [0.2, 0.25) is 0 Å². The molecule has 126 valence electrons. The summed E-state index contributed by atoms with van der Waals surface area (Å²) in [7, 11) is 0. The number of nitrogens with zero attached hydrogens (tertiary/aromatic N) is 2. The average molecular weight is 329 g/mol. The summed E-state index contributed by atoms with van der Waals surface area (Å²) in [5, 5.41) is 13.4. The quantitative estimate of drug-likeness (QED) is 0.689. The molecule has 0 saturated heterocycles. The summed E-state index contributed by atoms with van der Waals surface area (Å²) in [5.41, 5.74) is 1.04. The third kappa shape index (κ3) is 4.28. The van der Waals surface area contributed by atoms with E-state index in [9.17, 15) is 19.7 Å². The number of benzene rings is 1. The lowest BCUT2D eigenvalue weighted by Gasteiger charge is -2.19. The molecule has 0 fully saturated rings. The summed E-state index contributed by atoms with van der Waals surface area (Å²) in [6.07, 6.45) is 1.06. The zero-order valence-corrected chi connectivity index (χ0v) is 13.8. The minimum Gasteiger partial charge on any atom is -0.325 e. The number of aromatic nitrogens is 1. The number of rotatable bonds is 4. The number of nitrogens with one attached hydrogen (secondary N) is 1. The van der Waals surface area contributed by atoms with Gasteiger partial charge in [-0.25, -0.2) is 0 Å². The van der Waals surface area contributed by atoms with Crippen molar-refractivity contribution in [1.29, 1.82) is 0 Å². The van der Waals surface area contributed by atoms with Crippen molar-refractivity contribution in [3.05, 3.63) is 68.6 Å². The van der Waals surface area contributed by atoms with Gasteiger partial charge in [-0.05, 0) is 23.1 Å². The second-order valence-corrected chi connectivity index (χ2v) is 6.49. The highest BCUT2D eigenvalue weighted by molar-refractivity contribution is 5.90. The van der Waals surface area contributed by atoms with E-state index in [4.69, 9.17) is 0 Å². The van der Waals surface area contributed by atoms with Crippen LogP contribution in [0.4, 0.5) is 11.4 Å². The molecule has 1 aromatic carbocycles. The summed E-state index contributed by atoms with van der Waals surface area (Å²) in [6, 6.07) is 9.61. The standard InChI is InChI=1S/C17H19N3O4/c1-17(2,3)12-4-6-13(7-5-12)18-15(21)11-19-10-14(20(23)24)8-9-16(19)22/h4-10H,11H2,1-3H3,(H,18,21). The topological polar surface area (TPSA) is 94.2 Å². The number of pyridine rings is 1. The highest BCUT2D eigenvalue weighted by Gasteiger charge is 2.14. The Labute approximate surface area is 139 Å². The van der Waals surface area contributed by atoms with Crippen LogP contribution in [0.1, 0.15) is 26.3 Å². The maximum absolute atomic E-state index is 12.1. The number of hydrogen-bond acceptors (Lipinski definition) is 4. The zero-order valence-electron chi connectivity index (χ0n) is 13.8. The van der Waals surface area contributed by atoms with Crippen molar-refractivity contribution in [2.24, 2.45) is 0 Å². The van der Waals surface area contributed by atoms with Crippen molar-refractivity contribution >= 4 is 17.3 Å². The molecule has 0 radical (unpaired) electrons. The SMILES string of the molecule is CC(C)(C)c1ccc(NC(=O)Cn2cc([N+](=O)[O-])ccc2=O)cc1. The van der Waals surface area contributed by atoms with E-state index in [1.165, 1.54) is 0 Å². The first-order chi connectivity index (χ1) is 11.2. The zero-order chi connectivity index (χ0) is 17.9. The molecule has 2 aromatic rings. The minimum absolute atomic E-state index is 0.0127. The molecule has 0 aliphatic rings. The monoisotopic (exact) mass is 329 g/mol. The number of amides is 1. The van der Waals surface area contributed by atoms with Gasteiger partial charge in [0.15, 0.2) is 0 Å². The normalized spacial score (nSPS) is 11.1. The molecule has 0 bridgehead atoms. The molecule has 1 heterocycles. The van der Waals surface area contributed by atoms with Gasteiger partial charge < -0.3 is 5.32 Å². The van der Waals surface area contributed by atoms with E-state index in [1.54, 1.807) is 12.1 Å². The summed E-state index contributed by atoms with van der Waals surface area (Å²) < 4.78 is 1.01. The van der Waals surface area contributed by atoms with Crippen LogP contribution >= 0.6 is 0 Å². The lowest BCUT2D eigenvalue weighted by molar-refractivity contribution is -0.385. The van der Waals surface area contributed by atoms with Crippen molar-refractivity contribution in [1.82, 2.24) is 4.57 Å². The molecule has 1 N–H and O–H groups in total.